The quantitative estimate of drug-likeness (QED) is 0.582. The molecule has 150 valence electrons. The number of hydrogen-bond donors (Lipinski definition) is 3. The van der Waals surface area contributed by atoms with Gasteiger partial charge in [0.05, 0.1) is 32.4 Å². The first-order chi connectivity index (χ1) is 13.5. The molecule has 2 aromatic carbocycles. The molecule has 2 aromatic rings. The molecule has 0 unspecified atom stereocenters. The highest BCUT2D eigenvalue weighted by atomic mass is 35.5. The molecule has 8 nitrogen and oxygen atoms in total. The summed E-state index contributed by atoms with van der Waals surface area (Å²) in [6, 6.07) is 10.0. The van der Waals surface area contributed by atoms with Crippen LogP contribution in [0.4, 0.5) is 5.69 Å². The van der Waals surface area contributed by atoms with E-state index in [2.05, 4.69) is 16.2 Å². The first-order valence-corrected chi connectivity index (χ1v) is 8.83. The number of benzene rings is 2. The molecule has 0 aliphatic rings. The number of ether oxygens (including phenoxy) is 3. The zero-order chi connectivity index (χ0) is 20.5. The Hall–Kier alpha value is -3.13. The van der Waals surface area contributed by atoms with Gasteiger partial charge in [0.25, 0.3) is 11.8 Å². The van der Waals surface area contributed by atoms with Gasteiger partial charge in [-0.25, -0.2) is 0 Å². The van der Waals surface area contributed by atoms with Crippen LogP contribution in [-0.2, 0) is 4.79 Å². The summed E-state index contributed by atoms with van der Waals surface area (Å²) in [4.78, 5) is 24.2. The van der Waals surface area contributed by atoms with Crippen molar-refractivity contribution in [1.82, 2.24) is 10.9 Å². The number of halogens is 1. The van der Waals surface area contributed by atoms with Crippen molar-refractivity contribution < 1.29 is 23.8 Å². The third kappa shape index (κ3) is 5.68. The van der Waals surface area contributed by atoms with Crippen LogP contribution in [0.3, 0.4) is 0 Å². The Kier molecular flexibility index (Phi) is 7.76. The number of hydrogen-bond acceptors (Lipinski definition) is 6. The molecule has 3 N–H and O–H groups in total. The molecule has 0 heterocycles. The van der Waals surface area contributed by atoms with Crippen LogP contribution in [0.2, 0.25) is 5.02 Å². The van der Waals surface area contributed by atoms with E-state index in [0.717, 1.165) is 5.69 Å². The Morgan fingerprint density at radius 3 is 2.36 bits per heavy atom. The second-order valence-corrected chi connectivity index (χ2v) is 5.91. The average Bonchev–Trinajstić information content (AvgIpc) is 2.72. The fraction of sp³-hybridized carbons (Fsp3) is 0.263. The number of rotatable bonds is 8. The van der Waals surface area contributed by atoms with Crippen molar-refractivity contribution in [1.29, 1.82) is 0 Å². The van der Waals surface area contributed by atoms with Gasteiger partial charge in [0.2, 0.25) is 0 Å². The molecule has 0 aliphatic heterocycles. The molecule has 0 fully saturated rings. The van der Waals surface area contributed by atoms with Gasteiger partial charge in [-0.3, -0.25) is 20.4 Å². The monoisotopic (exact) mass is 407 g/mol. The molecule has 0 saturated heterocycles. The minimum atomic E-state index is -0.541. The van der Waals surface area contributed by atoms with Crippen molar-refractivity contribution in [3.05, 3.63) is 47.0 Å². The lowest BCUT2D eigenvalue weighted by Crippen LogP contribution is -2.44. The maximum Gasteiger partial charge on any atom is 0.269 e. The lowest BCUT2D eigenvalue weighted by molar-refractivity contribution is -0.120. The summed E-state index contributed by atoms with van der Waals surface area (Å²) in [6.45, 7) is 2.19. The first kappa shape index (κ1) is 21.2. The third-order valence-electron chi connectivity index (χ3n) is 3.64. The van der Waals surface area contributed by atoms with Crippen LogP contribution >= 0.6 is 11.6 Å². The van der Waals surface area contributed by atoms with Crippen molar-refractivity contribution in [2.75, 3.05) is 32.7 Å². The molecule has 0 aromatic heterocycles. The summed E-state index contributed by atoms with van der Waals surface area (Å²) in [5.41, 5.74) is 5.62. The summed E-state index contributed by atoms with van der Waals surface area (Å²) in [7, 11) is 3.02. The van der Waals surface area contributed by atoms with Gasteiger partial charge in [-0.05, 0) is 43.3 Å². The summed E-state index contributed by atoms with van der Waals surface area (Å²) >= 11 is 6.15. The van der Waals surface area contributed by atoms with Gasteiger partial charge < -0.3 is 19.5 Å². The van der Waals surface area contributed by atoms with Crippen molar-refractivity contribution in [3.63, 3.8) is 0 Å². The van der Waals surface area contributed by atoms with E-state index in [1.54, 1.807) is 31.4 Å². The number of nitrogens with one attached hydrogen (secondary N) is 3. The van der Waals surface area contributed by atoms with Crippen LogP contribution in [0.25, 0.3) is 0 Å². The highest BCUT2D eigenvalue weighted by Crippen LogP contribution is 2.36. The van der Waals surface area contributed by atoms with E-state index >= 15 is 0 Å². The Morgan fingerprint density at radius 2 is 1.75 bits per heavy atom. The van der Waals surface area contributed by atoms with Gasteiger partial charge in [0.1, 0.15) is 5.75 Å². The molecular weight excluding hydrogens is 386 g/mol. The molecule has 2 rings (SSSR count). The van der Waals surface area contributed by atoms with Gasteiger partial charge in [-0.2, -0.15) is 0 Å². The minimum absolute atomic E-state index is 0.0278. The molecule has 0 aliphatic carbocycles. The van der Waals surface area contributed by atoms with Gasteiger partial charge in [-0.15, -0.1) is 0 Å². The molecular formula is C19H22ClN3O5. The Balaban J connectivity index is 1.90. The average molecular weight is 408 g/mol. The van der Waals surface area contributed by atoms with E-state index in [-0.39, 0.29) is 17.1 Å². The zero-order valence-corrected chi connectivity index (χ0v) is 16.6. The third-order valence-corrected chi connectivity index (χ3v) is 3.92. The number of carbonyl (C=O) groups is 2. The number of carbonyl (C=O) groups excluding carboxylic acids is 2. The predicted molar refractivity (Wildman–Crippen MR) is 106 cm³/mol. The largest absolute Gasteiger partial charge is 0.497 e. The molecule has 0 atom stereocenters. The topological polar surface area (TPSA) is 97.9 Å². The Bertz CT molecular complexity index is 827. The molecule has 0 bridgehead atoms. The second-order valence-electron chi connectivity index (χ2n) is 5.51. The molecule has 9 heteroatoms. The van der Waals surface area contributed by atoms with Gasteiger partial charge in [0.15, 0.2) is 11.5 Å². The van der Waals surface area contributed by atoms with Crippen molar-refractivity contribution in [2.24, 2.45) is 0 Å². The maximum atomic E-state index is 12.3. The molecule has 0 radical (unpaired) electrons. The van der Waals surface area contributed by atoms with Gasteiger partial charge in [0, 0.05) is 11.3 Å². The van der Waals surface area contributed by atoms with Crippen LogP contribution < -0.4 is 30.4 Å². The van der Waals surface area contributed by atoms with Crippen LogP contribution in [0.5, 0.6) is 17.2 Å². The van der Waals surface area contributed by atoms with E-state index in [4.69, 9.17) is 25.8 Å². The zero-order valence-electron chi connectivity index (χ0n) is 15.8. The van der Waals surface area contributed by atoms with Crippen molar-refractivity contribution in [3.8, 4) is 17.2 Å². The number of anilines is 1. The fourth-order valence-corrected chi connectivity index (χ4v) is 2.53. The Labute approximate surface area is 168 Å². The summed E-state index contributed by atoms with van der Waals surface area (Å²) in [5.74, 6) is 0.434. The van der Waals surface area contributed by atoms with E-state index in [9.17, 15) is 9.59 Å². The minimum Gasteiger partial charge on any atom is -0.497 e. The van der Waals surface area contributed by atoms with Crippen LogP contribution in [0, 0.1) is 0 Å². The number of amides is 2. The first-order valence-electron chi connectivity index (χ1n) is 8.46. The number of methoxy groups -OCH3 is 2. The Morgan fingerprint density at radius 1 is 1.04 bits per heavy atom. The summed E-state index contributed by atoms with van der Waals surface area (Å²) in [5, 5.41) is 3.17. The van der Waals surface area contributed by atoms with Crippen LogP contribution in [0.15, 0.2) is 36.4 Å². The summed E-state index contributed by atoms with van der Waals surface area (Å²) in [6.07, 6.45) is 0. The second kappa shape index (κ2) is 10.3. The molecule has 28 heavy (non-hydrogen) atoms. The molecule has 0 spiro atoms. The van der Waals surface area contributed by atoms with Crippen LogP contribution in [0.1, 0.15) is 17.3 Å². The van der Waals surface area contributed by atoms with E-state index in [1.807, 2.05) is 6.92 Å². The van der Waals surface area contributed by atoms with Gasteiger partial charge in [-0.1, -0.05) is 11.6 Å². The van der Waals surface area contributed by atoms with E-state index < -0.39 is 11.8 Å². The lowest BCUT2D eigenvalue weighted by atomic mass is 10.2. The predicted octanol–water partition coefficient (Wildman–Crippen LogP) is 2.63. The lowest BCUT2D eigenvalue weighted by Gasteiger charge is -2.13. The smallest absolute Gasteiger partial charge is 0.269 e. The molecule has 0 saturated carbocycles. The number of hydrazine groups is 1. The van der Waals surface area contributed by atoms with Crippen molar-refractivity contribution in [2.45, 2.75) is 6.92 Å². The normalized spacial score (nSPS) is 10.0. The highest BCUT2D eigenvalue weighted by Gasteiger charge is 2.16. The summed E-state index contributed by atoms with van der Waals surface area (Å²) < 4.78 is 15.7. The fourth-order valence-electron chi connectivity index (χ4n) is 2.27. The standard InChI is InChI=1S/C19H22ClN3O5/c1-4-28-18-15(20)9-12(10-16(18)27-3)19(25)23-22-17(24)11-21-13-5-7-14(26-2)8-6-13/h5-10,21H,4,11H2,1-3H3,(H,22,24)(H,23,25). The van der Waals surface area contributed by atoms with E-state index in [0.29, 0.717) is 23.9 Å². The molecule has 2 amide bonds. The van der Waals surface area contributed by atoms with E-state index in [1.165, 1.54) is 19.2 Å². The SMILES string of the molecule is CCOc1c(Cl)cc(C(=O)NNC(=O)CNc2ccc(OC)cc2)cc1OC. The van der Waals surface area contributed by atoms with Crippen molar-refractivity contribution >= 4 is 29.1 Å². The maximum absolute atomic E-state index is 12.3. The highest BCUT2D eigenvalue weighted by molar-refractivity contribution is 6.32. The van der Waals surface area contributed by atoms with Gasteiger partial charge >= 0.3 is 0 Å². The van der Waals surface area contributed by atoms with Crippen LogP contribution in [-0.4, -0.2) is 39.2 Å².